The van der Waals surface area contributed by atoms with Gasteiger partial charge in [-0.2, -0.15) is 4.98 Å². The molecule has 1 aromatic carbocycles. The molecule has 0 spiro atoms. The first kappa shape index (κ1) is 25.2. The third-order valence-electron chi connectivity index (χ3n) is 7.53. The number of nitrogens with one attached hydrogen (secondary N) is 2. The summed E-state index contributed by atoms with van der Waals surface area (Å²) < 4.78 is 44.1. The van der Waals surface area contributed by atoms with Crippen molar-refractivity contribution >= 4 is 34.7 Å². The number of halogens is 3. The van der Waals surface area contributed by atoms with Crippen LogP contribution in [0.2, 0.25) is 0 Å². The summed E-state index contributed by atoms with van der Waals surface area (Å²) in [7, 11) is 0. The maximum absolute atomic E-state index is 14.5. The summed E-state index contributed by atoms with van der Waals surface area (Å²) in [5.74, 6) is -3.20. The number of hydrogen-bond acceptors (Lipinski definition) is 7. The van der Waals surface area contributed by atoms with E-state index >= 15 is 0 Å². The van der Waals surface area contributed by atoms with Gasteiger partial charge < -0.3 is 21.5 Å². The van der Waals surface area contributed by atoms with E-state index in [-0.39, 0.29) is 35.8 Å². The molecule has 1 amide bonds. The number of benzene rings is 1. The monoisotopic (exact) mass is 517 g/mol. The highest BCUT2D eigenvalue weighted by molar-refractivity contribution is 5.78. The lowest BCUT2D eigenvalue weighted by Gasteiger charge is -2.29. The number of nitrogens with two attached hydrogens (primary N) is 1. The minimum atomic E-state index is -1.09. The minimum absolute atomic E-state index is 0.101. The third kappa shape index (κ3) is 5.34. The average molecular weight is 518 g/mol. The Bertz CT molecular complexity index is 1270. The number of rotatable bonds is 7. The van der Waals surface area contributed by atoms with E-state index in [4.69, 9.17) is 5.73 Å². The first-order valence-electron chi connectivity index (χ1n) is 12.7. The zero-order chi connectivity index (χ0) is 26.1. The van der Waals surface area contributed by atoms with Gasteiger partial charge in [0.15, 0.2) is 17.3 Å². The van der Waals surface area contributed by atoms with Gasteiger partial charge in [-0.3, -0.25) is 9.36 Å². The van der Waals surface area contributed by atoms with Crippen molar-refractivity contribution in [3.63, 3.8) is 0 Å². The molecule has 2 aliphatic rings. The van der Waals surface area contributed by atoms with E-state index < -0.39 is 23.1 Å². The predicted octanol–water partition coefficient (Wildman–Crippen LogP) is 4.17. The van der Waals surface area contributed by atoms with E-state index in [1.807, 2.05) is 0 Å². The topological polar surface area (TPSA) is 131 Å². The standard InChI is InChI=1S/C25H30F3N7O2/c26-15-9-17(27)21(18(28)10-15)33-25-32-19-12-31-24(30-11-14-3-1-2-4-20(14)36)34-23(19)35(25)16-7-5-13(6-8-16)22(29)37/h9-10,12-14,16,20,36H,1-8,11H2,(H2,29,37)(H,32,33)(H,30,31,34)/t13-,14-,16+,20-/m0/s1. The van der Waals surface area contributed by atoms with Crippen molar-refractivity contribution < 1.29 is 23.1 Å². The Hall–Kier alpha value is -3.41. The molecule has 2 aromatic heterocycles. The Morgan fingerprint density at radius 2 is 1.76 bits per heavy atom. The number of fused-ring (bicyclic) bond motifs is 1. The predicted molar refractivity (Wildman–Crippen MR) is 132 cm³/mol. The molecule has 0 unspecified atom stereocenters. The highest BCUT2D eigenvalue weighted by Gasteiger charge is 2.30. The smallest absolute Gasteiger partial charge is 0.224 e. The largest absolute Gasteiger partial charge is 0.393 e. The number of aromatic nitrogens is 4. The molecule has 3 aromatic rings. The molecule has 12 heteroatoms. The third-order valence-corrected chi connectivity index (χ3v) is 7.53. The second kappa shape index (κ2) is 10.5. The normalized spacial score (nSPS) is 24.2. The fraction of sp³-hybridized carbons (Fsp3) is 0.520. The average Bonchev–Trinajstić information content (AvgIpc) is 3.23. The number of hydrogen-bond donors (Lipinski definition) is 4. The number of aliphatic hydroxyl groups is 1. The van der Waals surface area contributed by atoms with E-state index in [9.17, 15) is 23.1 Å². The first-order chi connectivity index (χ1) is 17.8. The van der Waals surface area contributed by atoms with Crippen LogP contribution in [0.3, 0.4) is 0 Å². The highest BCUT2D eigenvalue weighted by atomic mass is 19.1. The van der Waals surface area contributed by atoms with Crippen molar-refractivity contribution in [2.24, 2.45) is 17.6 Å². The number of nitrogens with zero attached hydrogens (tertiary/aromatic N) is 4. The quantitative estimate of drug-likeness (QED) is 0.370. The molecule has 2 heterocycles. The zero-order valence-electron chi connectivity index (χ0n) is 20.3. The second-order valence-electron chi connectivity index (χ2n) is 9.98. The summed E-state index contributed by atoms with van der Waals surface area (Å²) >= 11 is 0. The van der Waals surface area contributed by atoms with Crippen LogP contribution >= 0.6 is 0 Å². The minimum Gasteiger partial charge on any atom is -0.393 e. The van der Waals surface area contributed by atoms with Crippen molar-refractivity contribution in [3.8, 4) is 0 Å². The molecule has 2 atom stereocenters. The number of imidazole rings is 1. The summed E-state index contributed by atoms with van der Waals surface area (Å²) in [5, 5.41) is 16.2. The summed E-state index contributed by atoms with van der Waals surface area (Å²) in [6.45, 7) is 0.516. The highest BCUT2D eigenvalue weighted by Crippen LogP contribution is 2.37. The Kier molecular flexibility index (Phi) is 7.18. The molecule has 5 N–H and O–H groups in total. The number of aliphatic hydroxyl groups excluding tert-OH is 1. The molecule has 2 saturated carbocycles. The van der Waals surface area contributed by atoms with Crippen LogP contribution in [0.15, 0.2) is 18.3 Å². The summed E-state index contributed by atoms with van der Waals surface area (Å²) in [6, 6.07) is 1.02. The molecule has 198 valence electrons. The van der Waals surface area contributed by atoms with E-state index in [1.54, 1.807) is 4.57 Å². The van der Waals surface area contributed by atoms with Crippen LogP contribution in [0, 0.1) is 29.3 Å². The number of anilines is 3. The van der Waals surface area contributed by atoms with Gasteiger partial charge in [-0.1, -0.05) is 12.8 Å². The first-order valence-corrected chi connectivity index (χ1v) is 12.7. The van der Waals surface area contributed by atoms with E-state index in [0.29, 0.717) is 61.5 Å². The Morgan fingerprint density at radius 1 is 1.05 bits per heavy atom. The fourth-order valence-corrected chi connectivity index (χ4v) is 5.45. The maximum atomic E-state index is 14.5. The number of carbonyl (C=O) groups is 1. The molecule has 0 bridgehead atoms. The lowest BCUT2D eigenvalue weighted by atomic mass is 9.85. The van der Waals surface area contributed by atoms with Gasteiger partial charge in [0.05, 0.1) is 12.3 Å². The van der Waals surface area contributed by atoms with Crippen LogP contribution in [-0.2, 0) is 4.79 Å². The number of primary amides is 1. The van der Waals surface area contributed by atoms with Gasteiger partial charge in [0, 0.05) is 36.6 Å². The molecule has 0 radical (unpaired) electrons. The molecule has 0 saturated heterocycles. The molecular weight excluding hydrogens is 487 g/mol. The van der Waals surface area contributed by atoms with E-state index in [1.165, 1.54) is 6.20 Å². The lowest BCUT2D eigenvalue weighted by molar-refractivity contribution is -0.122. The number of carbonyl (C=O) groups excluding carboxylic acids is 1. The second-order valence-corrected chi connectivity index (χ2v) is 9.98. The van der Waals surface area contributed by atoms with Crippen molar-refractivity contribution in [3.05, 3.63) is 35.8 Å². The van der Waals surface area contributed by atoms with E-state index in [2.05, 4.69) is 25.6 Å². The molecule has 5 rings (SSSR count). The Balaban J connectivity index is 1.48. The van der Waals surface area contributed by atoms with Crippen LogP contribution in [-0.4, -0.2) is 43.2 Å². The van der Waals surface area contributed by atoms with E-state index in [0.717, 1.165) is 25.7 Å². The van der Waals surface area contributed by atoms with Crippen LogP contribution < -0.4 is 16.4 Å². The lowest BCUT2D eigenvalue weighted by Crippen LogP contribution is -2.30. The van der Waals surface area contributed by atoms with Gasteiger partial charge in [-0.15, -0.1) is 0 Å². The van der Waals surface area contributed by atoms with Crippen LogP contribution in [0.1, 0.15) is 57.4 Å². The SMILES string of the molecule is NC(=O)[C@H]1CC[C@@H](n2c(Nc3c(F)cc(F)cc3F)nc3cnc(NC[C@@H]4CCCC[C@@H]4O)nc32)CC1. The van der Waals surface area contributed by atoms with Gasteiger partial charge in [-0.05, 0) is 38.5 Å². The van der Waals surface area contributed by atoms with Crippen molar-refractivity contribution in [2.75, 3.05) is 17.2 Å². The van der Waals surface area contributed by atoms with Gasteiger partial charge in [-0.25, -0.2) is 23.1 Å². The summed E-state index contributed by atoms with van der Waals surface area (Å²) in [5.41, 5.74) is 5.83. The van der Waals surface area contributed by atoms with Crippen molar-refractivity contribution in [1.82, 2.24) is 19.5 Å². The number of amides is 1. The molecule has 2 fully saturated rings. The Labute approximate surface area is 211 Å². The van der Waals surface area contributed by atoms with Crippen LogP contribution in [0.25, 0.3) is 11.2 Å². The summed E-state index contributed by atoms with van der Waals surface area (Å²) in [6.07, 6.45) is 7.23. The van der Waals surface area contributed by atoms with Crippen LogP contribution in [0.5, 0.6) is 0 Å². The molecule has 37 heavy (non-hydrogen) atoms. The Morgan fingerprint density at radius 3 is 2.43 bits per heavy atom. The van der Waals surface area contributed by atoms with Gasteiger partial charge in [0.25, 0.3) is 0 Å². The summed E-state index contributed by atoms with van der Waals surface area (Å²) in [4.78, 5) is 25.1. The van der Waals surface area contributed by atoms with Gasteiger partial charge in [0.2, 0.25) is 17.8 Å². The van der Waals surface area contributed by atoms with Crippen molar-refractivity contribution in [1.29, 1.82) is 0 Å². The fourth-order valence-electron chi connectivity index (χ4n) is 5.45. The zero-order valence-corrected chi connectivity index (χ0v) is 20.3. The molecule has 9 nitrogen and oxygen atoms in total. The maximum Gasteiger partial charge on any atom is 0.224 e. The van der Waals surface area contributed by atoms with Crippen molar-refractivity contribution in [2.45, 2.75) is 63.5 Å². The van der Waals surface area contributed by atoms with Gasteiger partial charge in [0.1, 0.15) is 17.0 Å². The van der Waals surface area contributed by atoms with Crippen LogP contribution in [0.4, 0.5) is 30.8 Å². The molecule has 2 aliphatic carbocycles. The molecular formula is C25H30F3N7O2. The molecule has 0 aliphatic heterocycles. The van der Waals surface area contributed by atoms with Gasteiger partial charge >= 0.3 is 0 Å².